The molecule has 0 spiro atoms. The van der Waals surface area contributed by atoms with Gasteiger partial charge in [-0.15, -0.1) is 0 Å². The van der Waals surface area contributed by atoms with E-state index in [2.05, 4.69) is 22.9 Å². The highest BCUT2D eigenvalue weighted by Gasteiger charge is 2.24. The zero-order valence-electron chi connectivity index (χ0n) is 10.6. The van der Waals surface area contributed by atoms with E-state index in [1.54, 1.807) is 0 Å². The molecule has 2 atom stereocenters. The van der Waals surface area contributed by atoms with E-state index in [9.17, 15) is 0 Å². The minimum absolute atomic E-state index is 0.0507. The van der Waals surface area contributed by atoms with Gasteiger partial charge in [-0.05, 0) is 43.4 Å². The highest BCUT2D eigenvalue weighted by Crippen LogP contribution is 2.30. The summed E-state index contributed by atoms with van der Waals surface area (Å²) >= 11 is 3.39. The van der Waals surface area contributed by atoms with E-state index >= 15 is 0 Å². The van der Waals surface area contributed by atoms with E-state index in [-0.39, 0.29) is 11.9 Å². The molecule has 2 rings (SSSR count). The molecule has 0 amide bonds. The van der Waals surface area contributed by atoms with Crippen molar-refractivity contribution in [3.63, 3.8) is 0 Å². The minimum Gasteiger partial charge on any atom is -0.489 e. The second-order valence-corrected chi connectivity index (χ2v) is 5.89. The van der Waals surface area contributed by atoms with Crippen LogP contribution in [0, 0.1) is 11.3 Å². The Morgan fingerprint density at radius 2 is 2.11 bits per heavy atom. The maximum atomic E-state index is 7.62. The van der Waals surface area contributed by atoms with E-state index in [0.29, 0.717) is 11.5 Å². The molecule has 3 N–H and O–H groups in total. The van der Waals surface area contributed by atoms with Crippen LogP contribution in [0.3, 0.4) is 0 Å². The van der Waals surface area contributed by atoms with Crippen LogP contribution in [0.25, 0.3) is 0 Å². The van der Waals surface area contributed by atoms with Crippen LogP contribution in [0.1, 0.15) is 38.2 Å². The van der Waals surface area contributed by atoms with Gasteiger partial charge in [0.05, 0.1) is 5.56 Å². The van der Waals surface area contributed by atoms with Crippen LogP contribution in [-0.4, -0.2) is 11.9 Å². The molecule has 0 aromatic heterocycles. The van der Waals surface area contributed by atoms with Crippen molar-refractivity contribution in [2.24, 2.45) is 11.7 Å². The maximum absolute atomic E-state index is 7.62. The lowest BCUT2D eigenvalue weighted by Crippen LogP contribution is -2.29. The molecule has 0 aliphatic heterocycles. The molecule has 1 saturated carbocycles. The Kier molecular flexibility index (Phi) is 4.27. The number of nitrogen functional groups attached to an aromatic ring is 1. The molecule has 1 aliphatic carbocycles. The van der Waals surface area contributed by atoms with Crippen molar-refractivity contribution in [1.82, 2.24) is 0 Å². The van der Waals surface area contributed by atoms with Crippen molar-refractivity contribution in [1.29, 1.82) is 5.41 Å². The van der Waals surface area contributed by atoms with Crippen molar-refractivity contribution >= 4 is 21.8 Å². The topological polar surface area (TPSA) is 59.1 Å². The van der Waals surface area contributed by atoms with Crippen molar-refractivity contribution in [3.8, 4) is 5.75 Å². The van der Waals surface area contributed by atoms with Crippen LogP contribution >= 0.6 is 15.9 Å². The number of nitrogens with two attached hydrogens (primary N) is 1. The Morgan fingerprint density at radius 1 is 1.39 bits per heavy atom. The average molecular weight is 311 g/mol. The molecule has 1 fully saturated rings. The highest BCUT2D eigenvalue weighted by molar-refractivity contribution is 9.10. The second-order valence-electron chi connectivity index (χ2n) is 4.97. The highest BCUT2D eigenvalue weighted by atomic mass is 79.9. The standard InChI is InChI=1S/C14H19BrN2O/c1-9-4-2-3-5-12(9)18-13-7-6-10(15)8-11(13)14(16)17/h6-9,12H,2-5H2,1H3,(H3,16,17). The molecule has 1 aromatic rings. The normalized spacial score (nSPS) is 23.7. The van der Waals surface area contributed by atoms with Gasteiger partial charge in [-0.1, -0.05) is 29.3 Å². The first kappa shape index (κ1) is 13.4. The summed E-state index contributed by atoms with van der Waals surface area (Å²) in [5.74, 6) is 1.35. The summed E-state index contributed by atoms with van der Waals surface area (Å²) in [6, 6.07) is 5.66. The summed E-state index contributed by atoms with van der Waals surface area (Å²) < 4.78 is 6.99. The van der Waals surface area contributed by atoms with Gasteiger partial charge in [0, 0.05) is 4.47 Å². The van der Waals surface area contributed by atoms with Gasteiger partial charge in [0.15, 0.2) is 0 Å². The first-order valence-corrected chi connectivity index (χ1v) is 7.18. The number of amidine groups is 1. The zero-order chi connectivity index (χ0) is 13.1. The van der Waals surface area contributed by atoms with Crippen molar-refractivity contribution in [2.45, 2.75) is 38.7 Å². The lowest BCUT2D eigenvalue weighted by atomic mass is 9.88. The number of rotatable bonds is 3. The summed E-state index contributed by atoms with van der Waals surface area (Å²) in [5, 5.41) is 7.62. The number of nitrogens with one attached hydrogen (secondary N) is 1. The van der Waals surface area contributed by atoms with Crippen LogP contribution in [0.15, 0.2) is 22.7 Å². The van der Waals surface area contributed by atoms with Gasteiger partial charge >= 0.3 is 0 Å². The van der Waals surface area contributed by atoms with Crippen LogP contribution < -0.4 is 10.5 Å². The second kappa shape index (κ2) is 5.74. The molecule has 18 heavy (non-hydrogen) atoms. The van der Waals surface area contributed by atoms with Crippen LogP contribution in [0.5, 0.6) is 5.75 Å². The SMILES string of the molecule is CC1CCCCC1Oc1ccc(Br)cc1C(=N)N. The number of hydrogen-bond acceptors (Lipinski definition) is 2. The summed E-state index contributed by atoms with van der Waals surface area (Å²) in [4.78, 5) is 0. The molecule has 0 heterocycles. The van der Waals surface area contributed by atoms with E-state index in [1.165, 1.54) is 19.3 Å². The predicted octanol–water partition coefficient (Wildman–Crippen LogP) is 3.69. The number of benzene rings is 1. The fraction of sp³-hybridized carbons (Fsp3) is 0.500. The zero-order valence-corrected chi connectivity index (χ0v) is 12.2. The molecule has 0 bridgehead atoms. The smallest absolute Gasteiger partial charge is 0.130 e. The lowest BCUT2D eigenvalue weighted by Gasteiger charge is -2.30. The Bertz CT molecular complexity index is 447. The molecule has 1 aromatic carbocycles. The Balaban J connectivity index is 2.20. The quantitative estimate of drug-likeness (QED) is 0.660. The van der Waals surface area contributed by atoms with Gasteiger partial charge < -0.3 is 10.5 Å². The number of ether oxygens (including phenoxy) is 1. The third-order valence-corrected chi connectivity index (χ3v) is 4.04. The Morgan fingerprint density at radius 3 is 2.78 bits per heavy atom. The molecular weight excluding hydrogens is 292 g/mol. The molecule has 98 valence electrons. The van der Waals surface area contributed by atoms with E-state index in [4.69, 9.17) is 15.9 Å². The summed E-state index contributed by atoms with van der Waals surface area (Å²) in [5.41, 5.74) is 6.27. The van der Waals surface area contributed by atoms with Crippen LogP contribution in [-0.2, 0) is 0 Å². The van der Waals surface area contributed by atoms with Gasteiger partial charge in [-0.3, -0.25) is 5.41 Å². The van der Waals surface area contributed by atoms with Gasteiger partial charge in [-0.2, -0.15) is 0 Å². The molecule has 1 aliphatic rings. The Labute approximate surface area is 116 Å². The van der Waals surface area contributed by atoms with Gasteiger partial charge in [-0.25, -0.2) is 0 Å². The van der Waals surface area contributed by atoms with Crippen molar-refractivity contribution in [3.05, 3.63) is 28.2 Å². The number of hydrogen-bond donors (Lipinski definition) is 2. The molecule has 0 saturated heterocycles. The summed E-state index contributed by atoms with van der Waals surface area (Å²) in [7, 11) is 0. The minimum atomic E-state index is 0.0507. The van der Waals surface area contributed by atoms with E-state index in [0.717, 1.165) is 16.6 Å². The average Bonchev–Trinajstić information content (AvgIpc) is 2.34. The van der Waals surface area contributed by atoms with Gasteiger partial charge in [0.2, 0.25) is 0 Å². The number of halogens is 1. The van der Waals surface area contributed by atoms with E-state index < -0.39 is 0 Å². The Hall–Kier alpha value is -1.03. The molecule has 4 heteroatoms. The molecule has 0 radical (unpaired) electrons. The van der Waals surface area contributed by atoms with Gasteiger partial charge in [0.1, 0.15) is 17.7 Å². The van der Waals surface area contributed by atoms with Crippen molar-refractivity contribution in [2.75, 3.05) is 0 Å². The monoisotopic (exact) mass is 310 g/mol. The molecular formula is C14H19BrN2O. The largest absolute Gasteiger partial charge is 0.489 e. The molecule has 3 nitrogen and oxygen atoms in total. The third kappa shape index (κ3) is 3.05. The van der Waals surface area contributed by atoms with Crippen LogP contribution in [0.4, 0.5) is 0 Å². The fourth-order valence-electron chi connectivity index (χ4n) is 2.44. The first-order chi connectivity index (χ1) is 8.58. The van der Waals surface area contributed by atoms with Crippen LogP contribution in [0.2, 0.25) is 0 Å². The maximum Gasteiger partial charge on any atom is 0.130 e. The fourth-order valence-corrected chi connectivity index (χ4v) is 2.80. The lowest BCUT2D eigenvalue weighted by molar-refractivity contribution is 0.102. The third-order valence-electron chi connectivity index (χ3n) is 3.54. The van der Waals surface area contributed by atoms with Crippen molar-refractivity contribution < 1.29 is 4.74 Å². The van der Waals surface area contributed by atoms with E-state index in [1.807, 2.05) is 18.2 Å². The van der Waals surface area contributed by atoms with Gasteiger partial charge in [0.25, 0.3) is 0 Å². The predicted molar refractivity (Wildman–Crippen MR) is 77.2 cm³/mol. The summed E-state index contributed by atoms with van der Waals surface area (Å²) in [6.45, 7) is 2.23. The summed E-state index contributed by atoms with van der Waals surface area (Å²) in [6.07, 6.45) is 5.07. The first-order valence-electron chi connectivity index (χ1n) is 6.38. The molecule has 2 unspecified atom stereocenters.